The summed E-state index contributed by atoms with van der Waals surface area (Å²) in [6.45, 7) is -0.113. The van der Waals surface area contributed by atoms with Gasteiger partial charge in [0.2, 0.25) is 0 Å². The number of piperidine rings is 1. The minimum absolute atomic E-state index is 0.113. The van der Waals surface area contributed by atoms with Crippen molar-refractivity contribution in [1.29, 1.82) is 0 Å². The number of hydrogen-bond donors (Lipinski definition) is 1. The molecular weight excluding hydrogens is 418 g/mol. The van der Waals surface area contributed by atoms with Gasteiger partial charge in [-0.1, -0.05) is 12.5 Å². The average molecular weight is 439 g/mol. The van der Waals surface area contributed by atoms with Gasteiger partial charge in [-0.05, 0) is 48.7 Å². The molecule has 0 aliphatic carbocycles. The molecule has 1 N–H and O–H groups in total. The molecule has 2 unspecified atom stereocenters. The molecule has 0 radical (unpaired) electrons. The van der Waals surface area contributed by atoms with Crippen LogP contribution in [0.4, 0.5) is 17.6 Å². The zero-order chi connectivity index (χ0) is 22.6. The van der Waals surface area contributed by atoms with Crippen LogP contribution in [-0.2, 0) is 9.53 Å². The summed E-state index contributed by atoms with van der Waals surface area (Å²) >= 11 is 0. The summed E-state index contributed by atoms with van der Waals surface area (Å²) in [4.78, 5) is 30.3. The summed E-state index contributed by atoms with van der Waals surface area (Å²) in [5.41, 5.74) is -3.18. The molecule has 0 bridgehead atoms. The number of nitrogens with one attached hydrogen (secondary N) is 1. The van der Waals surface area contributed by atoms with Crippen LogP contribution >= 0.6 is 0 Å². The molecule has 1 aliphatic rings. The number of methoxy groups -OCH3 is 1. The lowest BCUT2D eigenvalue weighted by Crippen LogP contribution is -2.74. The number of pyridine rings is 1. The minimum atomic E-state index is -5.21. The summed E-state index contributed by atoms with van der Waals surface area (Å²) in [5.74, 6) is -3.50. The molecule has 2 aromatic rings. The van der Waals surface area contributed by atoms with E-state index in [9.17, 15) is 27.2 Å². The quantitative estimate of drug-likeness (QED) is 0.569. The molecular formula is C21H21F4N3O3. The lowest BCUT2D eigenvalue weighted by Gasteiger charge is -2.48. The minimum Gasteiger partial charge on any atom is -0.466 e. The van der Waals surface area contributed by atoms with Crippen LogP contribution in [0.15, 0.2) is 48.8 Å². The van der Waals surface area contributed by atoms with Gasteiger partial charge in [0.05, 0.1) is 7.11 Å². The fraction of sp³-hybridized carbons (Fsp3) is 0.381. The lowest BCUT2D eigenvalue weighted by atomic mass is 9.91. The Morgan fingerprint density at radius 1 is 1.16 bits per heavy atom. The Balaban J connectivity index is 2.11. The number of benzene rings is 1. The summed E-state index contributed by atoms with van der Waals surface area (Å²) in [5, 5.41) is 1.87. The number of alkyl halides is 3. The second-order valence-corrected chi connectivity index (χ2v) is 7.15. The van der Waals surface area contributed by atoms with Crippen molar-refractivity contribution >= 4 is 11.9 Å². The van der Waals surface area contributed by atoms with E-state index < -0.39 is 35.6 Å². The largest absolute Gasteiger partial charge is 0.466 e. The Kier molecular flexibility index (Phi) is 6.59. The van der Waals surface area contributed by atoms with E-state index >= 15 is 0 Å². The smallest absolute Gasteiger partial charge is 0.436 e. The fourth-order valence-corrected chi connectivity index (χ4v) is 3.83. The summed E-state index contributed by atoms with van der Waals surface area (Å²) < 4.78 is 61.5. The standard InChI is InChI=1S/C21H21F4N3O3/c1-31-19(30)20(21(23,24)25,27-18(29)14-7-9-16(22)10-8-14)28-12-3-2-6-17(28)15-5-4-11-26-13-15/h4-5,7-11,13,17H,2-3,6,12H2,1H3,(H,27,29). The Morgan fingerprint density at radius 2 is 1.87 bits per heavy atom. The van der Waals surface area contributed by atoms with Gasteiger partial charge < -0.3 is 10.1 Å². The molecule has 31 heavy (non-hydrogen) atoms. The fourth-order valence-electron chi connectivity index (χ4n) is 3.83. The number of esters is 1. The number of halogens is 4. The molecule has 0 spiro atoms. The van der Waals surface area contributed by atoms with Crippen molar-refractivity contribution in [3.63, 3.8) is 0 Å². The van der Waals surface area contributed by atoms with E-state index in [-0.39, 0.29) is 12.1 Å². The van der Waals surface area contributed by atoms with E-state index in [1.165, 1.54) is 12.4 Å². The molecule has 3 rings (SSSR count). The van der Waals surface area contributed by atoms with Gasteiger partial charge in [0.15, 0.2) is 0 Å². The molecule has 10 heteroatoms. The van der Waals surface area contributed by atoms with Gasteiger partial charge in [0.25, 0.3) is 11.6 Å². The Bertz CT molecular complexity index is 922. The van der Waals surface area contributed by atoms with Crippen molar-refractivity contribution in [3.05, 3.63) is 65.7 Å². The zero-order valence-corrected chi connectivity index (χ0v) is 16.7. The van der Waals surface area contributed by atoms with Gasteiger partial charge in [-0.25, -0.2) is 9.18 Å². The molecule has 1 fully saturated rings. The molecule has 1 saturated heterocycles. The van der Waals surface area contributed by atoms with Gasteiger partial charge in [-0.15, -0.1) is 0 Å². The second-order valence-electron chi connectivity index (χ2n) is 7.15. The average Bonchev–Trinajstić information content (AvgIpc) is 2.77. The highest BCUT2D eigenvalue weighted by Gasteiger charge is 2.68. The zero-order valence-electron chi connectivity index (χ0n) is 16.7. The van der Waals surface area contributed by atoms with Crippen LogP contribution in [0.25, 0.3) is 0 Å². The van der Waals surface area contributed by atoms with Crippen LogP contribution < -0.4 is 5.32 Å². The van der Waals surface area contributed by atoms with Crippen molar-refractivity contribution in [1.82, 2.24) is 15.2 Å². The van der Waals surface area contributed by atoms with Crippen LogP contribution in [-0.4, -0.2) is 47.3 Å². The number of carbonyl (C=O) groups excluding carboxylic acids is 2. The van der Waals surface area contributed by atoms with E-state index in [1.807, 2.05) is 5.32 Å². The molecule has 2 atom stereocenters. The van der Waals surface area contributed by atoms with Crippen LogP contribution in [0.5, 0.6) is 0 Å². The number of aromatic nitrogens is 1. The molecule has 1 aliphatic heterocycles. The second kappa shape index (κ2) is 9.01. The third-order valence-electron chi connectivity index (χ3n) is 5.29. The van der Waals surface area contributed by atoms with Gasteiger partial charge >= 0.3 is 12.1 Å². The first-order valence-electron chi connectivity index (χ1n) is 9.60. The van der Waals surface area contributed by atoms with Crippen molar-refractivity contribution in [2.45, 2.75) is 37.1 Å². The number of rotatable bonds is 5. The van der Waals surface area contributed by atoms with E-state index in [4.69, 9.17) is 0 Å². The molecule has 1 aromatic carbocycles. The van der Waals surface area contributed by atoms with Gasteiger partial charge in [-0.2, -0.15) is 13.2 Å². The monoisotopic (exact) mass is 439 g/mol. The van der Waals surface area contributed by atoms with Crippen LogP contribution in [0, 0.1) is 5.82 Å². The lowest BCUT2D eigenvalue weighted by molar-refractivity contribution is -0.254. The normalized spacial score (nSPS) is 19.3. The summed E-state index contributed by atoms with van der Waals surface area (Å²) in [6, 6.07) is 6.35. The molecule has 0 saturated carbocycles. The molecule has 1 aromatic heterocycles. The van der Waals surface area contributed by atoms with Crippen LogP contribution in [0.1, 0.15) is 41.2 Å². The number of ether oxygens (including phenoxy) is 1. The predicted octanol–water partition coefficient (Wildman–Crippen LogP) is 3.61. The number of carbonyl (C=O) groups is 2. The van der Waals surface area contributed by atoms with Crippen LogP contribution in [0.3, 0.4) is 0 Å². The predicted molar refractivity (Wildman–Crippen MR) is 102 cm³/mol. The van der Waals surface area contributed by atoms with E-state index in [2.05, 4.69) is 9.72 Å². The number of hydrogen-bond acceptors (Lipinski definition) is 5. The van der Waals surface area contributed by atoms with Crippen molar-refractivity contribution in [2.24, 2.45) is 0 Å². The number of likely N-dealkylation sites (tertiary alicyclic amines) is 1. The highest BCUT2D eigenvalue weighted by Crippen LogP contribution is 2.43. The number of nitrogens with zero attached hydrogens (tertiary/aromatic N) is 2. The number of amides is 1. The van der Waals surface area contributed by atoms with Gasteiger partial charge in [0.1, 0.15) is 5.82 Å². The maximum atomic E-state index is 14.6. The summed E-state index contributed by atoms with van der Waals surface area (Å²) in [7, 11) is 0.829. The molecule has 1 amide bonds. The first-order valence-corrected chi connectivity index (χ1v) is 9.60. The SMILES string of the molecule is COC(=O)C(NC(=O)c1ccc(F)cc1)(N1CCCCC1c1cccnc1)C(F)(F)F. The Hall–Kier alpha value is -3.01. The summed E-state index contributed by atoms with van der Waals surface area (Å²) in [6.07, 6.45) is -0.941. The van der Waals surface area contributed by atoms with Crippen LogP contribution in [0.2, 0.25) is 0 Å². The highest BCUT2D eigenvalue weighted by atomic mass is 19.4. The van der Waals surface area contributed by atoms with Crippen molar-refractivity contribution in [2.75, 3.05) is 13.7 Å². The topological polar surface area (TPSA) is 71.5 Å². The first-order chi connectivity index (χ1) is 14.7. The Labute approximate surface area is 176 Å². The molecule has 6 nitrogen and oxygen atoms in total. The van der Waals surface area contributed by atoms with E-state index in [1.54, 1.807) is 12.1 Å². The third-order valence-corrected chi connectivity index (χ3v) is 5.29. The van der Waals surface area contributed by atoms with E-state index in [0.29, 0.717) is 24.8 Å². The van der Waals surface area contributed by atoms with Gasteiger partial charge in [0, 0.05) is 30.5 Å². The van der Waals surface area contributed by atoms with E-state index in [0.717, 1.165) is 36.3 Å². The van der Waals surface area contributed by atoms with Gasteiger partial charge in [-0.3, -0.25) is 14.7 Å². The maximum Gasteiger partial charge on any atom is 0.436 e. The first kappa shape index (κ1) is 22.7. The molecule has 166 valence electrons. The van der Waals surface area contributed by atoms with Crippen molar-refractivity contribution in [3.8, 4) is 0 Å². The highest BCUT2D eigenvalue weighted by molar-refractivity contribution is 5.98. The van der Waals surface area contributed by atoms with Crippen molar-refractivity contribution < 1.29 is 31.9 Å². The third kappa shape index (κ3) is 4.39. The molecule has 2 heterocycles. The Morgan fingerprint density at radius 3 is 2.45 bits per heavy atom. The maximum absolute atomic E-state index is 14.6.